The van der Waals surface area contributed by atoms with Crippen LogP contribution in [0.25, 0.3) is 0 Å². The van der Waals surface area contributed by atoms with Crippen LogP contribution in [0.4, 0.5) is 13.2 Å². The minimum absolute atomic E-state index is 0. The Morgan fingerprint density at radius 2 is 1.87 bits per heavy atom. The third-order valence-corrected chi connectivity index (χ3v) is 4.90. The number of aliphatic hydroxyl groups is 1. The largest absolute Gasteiger partial charge is 0.491 e. The van der Waals surface area contributed by atoms with E-state index in [1.54, 1.807) is 0 Å². The van der Waals surface area contributed by atoms with Crippen LogP contribution >= 0.6 is 24.0 Å². The SMILES string of the molecule is CCCN1CCC(NC(=NCC(O)COc2ccc(C(F)(F)F)cc2)NCC)CC1.I. The van der Waals surface area contributed by atoms with Gasteiger partial charge in [0.1, 0.15) is 18.5 Å². The molecule has 0 radical (unpaired) electrons. The summed E-state index contributed by atoms with van der Waals surface area (Å²) in [5.74, 6) is 0.926. The summed E-state index contributed by atoms with van der Waals surface area (Å²) in [6.07, 6.45) is -1.99. The van der Waals surface area contributed by atoms with Gasteiger partial charge in [0, 0.05) is 25.7 Å². The van der Waals surface area contributed by atoms with Gasteiger partial charge in [0.2, 0.25) is 0 Å². The maximum absolute atomic E-state index is 12.6. The van der Waals surface area contributed by atoms with Crippen molar-refractivity contribution in [2.24, 2.45) is 4.99 Å². The maximum atomic E-state index is 12.6. The minimum Gasteiger partial charge on any atom is -0.491 e. The van der Waals surface area contributed by atoms with Crippen LogP contribution in [0.15, 0.2) is 29.3 Å². The van der Waals surface area contributed by atoms with E-state index < -0.39 is 17.8 Å². The van der Waals surface area contributed by atoms with E-state index in [1.807, 2.05) is 6.92 Å². The van der Waals surface area contributed by atoms with Gasteiger partial charge >= 0.3 is 6.18 Å². The molecule has 1 atom stereocenters. The fourth-order valence-corrected chi connectivity index (χ4v) is 3.31. The molecule has 1 aromatic carbocycles. The van der Waals surface area contributed by atoms with Crippen molar-refractivity contribution in [3.8, 4) is 5.75 Å². The lowest BCUT2D eigenvalue weighted by Gasteiger charge is -2.32. The quantitative estimate of drug-likeness (QED) is 0.246. The first-order chi connectivity index (χ1) is 14.3. The highest BCUT2D eigenvalue weighted by Crippen LogP contribution is 2.30. The first-order valence-corrected chi connectivity index (χ1v) is 10.6. The average molecular weight is 558 g/mol. The van der Waals surface area contributed by atoms with Crippen LogP contribution in [-0.4, -0.2) is 67.4 Å². The van der Waals surface area contributed by atoms with Gasteiger partial charge in [-0.3, -0.25) is 4.99 Å². The molecule has 0 saturated carbocycles. The number of likely N-dealkylation sites (tertiary alicyclic amines) is 1. The Morgan fingerprint density at radius 1 is 1.23 bits per heavy atom. The number of nitrogens with one attached hydrogen (secondary N) is 2. The number of hydrogen-bond acceptors (Lipinski definition) is 4. The third-order valence-electron chi connectivity index (χ3n) is 4.90. The Morgan fingerprint density at radius 3 is 2.42 bits per heavy atom. The zero-order valence-corrected chi connectivity index (χ0v) is 20.5. The molecule has 1 aliphatic heterocycles. The van der Waals surface area contributed by atoms with Gasteiger partial charge in [-0.05, 0) is 57.0 Å². The van der Waals surface area contributed by atoms with Gasteiger partial charge < -0.3 is 25.4 Å². The lowest BCUT2D eigenvalue weighted by molar-refractivity contribution is -0.137. The Labute approximate surface area is 199 Å². The number of nitrogens with zero attached hydrogens (tertiary/aromatic N) is 2. The van der Waals surface area contributed by atoms with Crippen molar-refractivity contribution >= 4 is 29.9 Å². The van der Waals surface area contributed by atoms with Crippen molar-refractivity contribution in [3.05, 3.63) is 29.8 Å². The van der Waals surface area contributed by atoms with Crippen molar-refractivity contribution in [2.75, 3.05) is 39.3 Å². The number of alkyl halides is 3. The summed E-state index contributed by atoms with van der Waals surface area (Å²) in [5.41, 5.74) is -0.734. The Kier molecular flexibility index (Phi) is 12.5. The van der Waals surface area contributed by atoms with Gasteiger partial charge in [-0.25, -0.2) is 0 Å². The number of benzene rings is 1. The number of ether oxygens (including phenoxy) is 1. The maximum Gasteiger partial charge on any atom is 0.416 e. The number of aliphatic imine (C=N–C) groups is 1. The monoisotopic (exact) mass is 558 g/mol. The molecule has 0 amide bonds. The highest BCUT2D eigenvalue weighted by atomic mass is 127. The minimum atomic E-state index is -4.38. The van der Waals surface area contributed by atoms with Crippen molar-refractivity contribution in [3.63, 3.8) is 0 Å². The fraction of sp³-hybridized carbons (Fsp3) is 0.667. The van der Waals surface area contributed by atoms with E-state index in [1.165, 1.54) is 12.1 Å². The Hall–Kier alpha value is -1.27. The van der Waals surface area contributed by atoms with Crippen LogP contribution in [-0.2, 0) is 6.18 Å². The number of rotatable bonds is 9. The molecule has 3 N–H and O–H groups in total. The van der Waals surface area contributed by atoms with Crippen molar-refractivity contribution in [1.82, 2.24) is 15.5 Å². The van der Waals surface area contributed by atoms with Crippen LogP contribution in [0.5, 0.6) is 5.75 Å². The molecule has 1 saturated heterocycles. The van der Waals surface area contributed by atoms with Crippen LogP contribution in [0.2, 0.25) is 0 Å². The zero-order valence-electron chi connectivity index (χ0n) is 18.1. The predicted octanol–water partition coefficient (Wildman–Crippen LogP) is 3.49. The molecule has 1 aromatic rings. The van der Waals surface area contributed by atoms with Gasteiger partial charge in [0.05, 0.1) is 12.1 Å². The summed E-state index contributed by atoms with van der Waals surface area (Å²) < 4.78 is 43.1. The van der Waals surface area contributed by atoms with Gasteiger partial charge in [0.25, 0.3) is 0 Å². The number of piperidine rings is 1. The third kappa shape index (κ3) is 10.3. The molecule has 6 nitrogen and oxygen atoms in total. The molecule has 0 aromatic heterocycles. The smallest absolute Gasteiger partial charge is 0.416 e. The van der Waals surface area contributed by atoms with Crippen molar-refractivity contribution in [1.29, 1.82) is 0 Å². The summed E-state index contributed by atoms with van der Waals surface area (Å²) in [6, 6.07) is 4.75. The second-order valence-corrected chi connectivity index (χ2v) is 7.47. The first kappa shape index (κ1) is 27.8. The Balaban J connectivity index is 0.00000480. The van der Waals surface area contributed by atoms with E-state index in [9.17, 15) is 18.3 Å². The molecule has 1 heterocycles. The number of hydrogen-bond donors (Lipinski definition) is 3. The molecule has 2 rings (SSSR count). The highest BCUT2D eigenvalue weighted by Gasteiger charge is 2.30. The van der Waals surface area contributed by atoms with Crippen LogP contribution < -0.4 is 15.4 Å². The fourth-order valence-electron chi connectivity index (χ4n) is 3.31. The summed E-state index contributed by atoms with van der Waals surface area (Å²) in [7, 11) is 0. The van der Waals surface area contributed by atoms with E-state index in [2.05, 4.69) is 27.4 Å². The molecule has 1 unspecified atom stereocenters. The standard InChI is InChI=1S/C21H33F3N4O2.HI/c1-3-11-28-12-9-17(10-13-28)27-20(25-4-2)26-14-18(29)15-30-19-7-5-16(6-8-19)21(22,23)24;/h5-8,17-18,29H,3-4,9-15H2,1-2H3,(H2,25,26,27);1H. The first-order valence-electron chi connectivity index (χ1n) is 10.6. The molecule has 0 aliphatic carbocycles. The van der Waals surface area contributed by atoms with E-state index in [0.717, 1.165) is 51.0 Å². The van der Waals surface area contributed by atoms with Gasteiger partial charge in [-0.2, -0.15) is 13.2 Å². The summed E-state index contributed by atoms with van der Waals surface area (Å²) in [5, 5.41) is 16.7. The van der Waals surface area contributed by atoms with Crippen LogP contribution in [0.1, 0.15) is 38.7 Å². The second-order valence-electron chi connectivity index (χ2n) is 7.47. The highest BCUT2D eigenvalue weighted by molar-refractivity contribution is 14.0. The Bertz CT molecular complexity index is 651. The molecular formula is C21H34F3IN4O2. The van der Waals surface area contributed by atoms with Gasteiger partial charge in [0.15, 0.2) is 5.96 Å². The zero-order chi connectivity index (χ0) is 22.0. The summed E-state index contributed by atoms with van der Waals surface area (Å²) in [6.45, 7) is 8.21. The normalized spacial score (nSPS) is 17.0. The van der Waals surface area contributed by atoms with Gasteiger partial charge in [-0.15, -0.1) is 24.0 Å². The molecule has 10 heteroatoms. The molecule has 1 fully saturated rings. The van der Waals surface area contributed by atoms with Crippen molar-refractivity contribution < 1.29 is 23.0 Å². The second kappa shape index (κ2) is 14.0. The predicted molar refractivity (Wildman–Crippen MR) is 127 cm³/mol. The number of aliphatic hydroxyl groups excluding tert-OH is 1. The molecular weight excluding hydrogens is 524 g/mol. The van der Waals surface area contributed by atoms with E-state index in [-0.39, 0.29) is 42.9 Å². The number of guanidine groups is 1. The molecule has 31 heavy (non-hydrogen) atoms. The number of halogens is 4. The summed E-state index contributed by atoms with van der Waals surface area (Å²) in [4.78, 5) is 6.89. The molecule has 178 valence electrons. The topological polar surface area (TPSA) is 69.1 Å². The summed E-state index contributed by atoms with van der Waals surface area (Å²) >= 11 is 0. The van der Waals surface area contributed by atoms with Crippen LogP contribution in [0.3, 0.4) is 0 Å². The van der Waals surface area contributed by atoms with E-state index >= 15 is 0 Å². The van der Waals surface area contributed by atoms with Gasteiger partial charge in [-0.1, -0.05) is 6.92 Å². The lowest BCUT2D eigenvalue weighted by Crippen LogP contribution is -2.49. The average Bonchev–Trinajstić information content (AvgIpc) is 2.72. The molecule has 0 bridgehead atoms. The van der Waals surface area contributed by atoms with Crippen molar-refractivity contribution in [2.45, 2.75) is 51.4 Å². The molecule has 1 aliphatic rings. The van der Waals surface area contributed by atoms with E-state index in [0.29, 0.717) is 18.5 Å². The van der Waals surface area contributed by atoms with Crippen LogP contribution in [0, 0.1) is 0 Å². The molecule has 0 spiro atoms. The lowest BCUT2D eigenvalue weighted by atomic mass is 10.1. The van der Waals surface area contributed by atoms with E-state index in [4.69, 9.17) is 4.74 Å².